The summed E-state index contributed by atoms with van der Waals surface area (Å²) in [5, 5.41) is 0. The first-order valence-electron chi connectivity index (χ1n) is 5.92. The van der Waals surface area contributed by atoms with Crippen LogP contribution in [0.25, 0.3) is 0 Å². The lowest BCUT2D eigenvalue weighted by Crippen LogP contribution is -2.07. The molecule has 2 rings (SSSR count). The van der Waals surface area contributed by atoms with Gasteiger partial charge in [0, 0.05) is 6.42 Å². The smallest absolute Gasteiger partial charge is 0.170 e. The molecule has 0 amide bonds. The van der Waals surface area contributed by atoms with Crippen LogP contribution in [0.1, 0.15) is 27.0 Å². The van der Waals surface area contributed by atoms with Crippen LogP contribution in [0.2, 0.25) is 0 Å². The van der Waals surface area contributed by atoms with E-state index in [1.54, 1.807) is 6.07 Å². The van der Waals surface area contributed by atoms with Gasteiger partial charge in [0.1, 0.15) is 5.82 Å². The average Bonchev–Trinajstić information content (AvgIpc) is 2.35. The number of hydrogen-bond acceptors (Lipinski definition) is 1. The Morgan fingerprint density at radius 1 is 1.06 bits per heavy atom. The molecule has 0 aliphatic rings. The van der Waals surface area contributed by atoms with Crippen molar-refractivity contribution in [3.8, 4) is 0 Å². The summed E-state index contributed by atoms with van der Waals surface area (Å²) in [6.45, 7) is 3.72. The molecule has 0 spiro atoms. The topological polar surface area (TPSA) is 17.1 Å². The van der Waals surface area contributed by atoms with Gasteiger partial charge >= 0.3 is 0 Å². The van der Waals surface area contributed by atoms with E-state index in [-0.39, 0.29) is 17.8 Å². The summed E-state index contributed by atoms with van der Waals surface area (Å²) in [5.41, 5.74) is 2.89. The molecule has 0 fully saturated rings. The van der Waals surface area contributed by atoms with Crippen molar-refractivity contribution in [1.82, 2.24) is 0 Å². The third kappa shape index (κ3) is 2.65. The quantitative estimate of drug-likeness (QED) is 0.747. The largest absolute Gasteiger partial charge is 0.294 e. The van der Waals surface area contributed by atoms with Gasteiger partial charge in [0.15, 0.2) is 5.78 Å². The van der Waals surface area contributed by atoms with Gasteiger partial charge in [-0.3, -0.25) is 4.79 Å². The maximum atomic E-state index is 13.8. The van der Waals surface area contributed by atoms with Crippen molar-refractivity contribution in [1.29, 1.82) is 0 Å². The van der Waals surface area contributed by atoms with E-state index in [0.29, 0.717) is 0 Å². The van der Waals surface area contributed by atoms with E-state index >= 15 is 0 Å². The minimum Gasteiger partial charge on any atom is -0.294 e. The van der Waals surface area contributed by atoms with Crippen molar-refractivity contribution in [2.45, 2.75) is 20.3 Å². The molecule has 1 nitrogen and oxygen atoms in total. The van der Waals surface area contributed by atoms with Crippen molar-refractivity contribution >= 4 is 5.78 Å². The fourth-order valence-electron chi connectivity index (χ4n) is 1.87. The lowest BCUT2D eigenvalue weighted by molar-refractivity contribution is 0.0989. The van der Waals surface area contributed by atoms with Crippen LogP contribution in [0.3, 0.4) is 0 Å². The first kappa shape index (κ1) is 12.5. The van der Waals surface area contributed by atoms with Crippen LogP contribution in [0.4, 0.5) is 4.39 Å². The number of halogens is 1. The maximum Gasteiger partial charge on any atom is 0.170 e. The van der Waals surface area contributed by atoms with Crippen LogP contribution in [0, 0.1) is 19.7 Å². The van der Waals surface area contributed by atoms with E-state index in [4.69, 9.17) is 0 Å². The van der Waals surface area contributed by atoms with E-state index in [1.165, 1.54) is 6.07 Å². The number of aryl methyl sites for hydroxylation is 2. The molecule has 2 aromatic carbocycles. The highest BCUT2D eigenvalue weighted by Crippen LogP contribution is 2.17. The van der Waals surface area contributed by atoms with Crippen LogP contribution in [0.15, 0.2) is 42.5 Å². The summed E-state index contributed by atoms with van der Waals surface area (Å²) in [6.07, 6.45) is 0.236. The van der Waals surface area contributed by atoms with E-state index < -0.39 is 5.82 Å². The third-order valence-corrected chi connectivity index (χ3v) is 3.09. The summed E-state index contributed by atoms with van der Waals surface area (Å²) in [4.78, 5) is 12.1. The Morgan fingerprint density at radius 2 is 1.67 bits per heavy atom. The normalized spacial score (nSPS) is 10.4. The second kappa shape index (κ2) is 5.13. The van der Waals surface area contributed by atoms with Gasteiger partial charge in [-0.1, -0.05) is 30.3 Å². The fourth-order valence-corrected chi connectivity index (χ4v) is 1.87. The highest BCUT2D eigenvalue weighted by atomic mass is 19.1. The molecular weight excluding hydrogens is 227 g/mol. The molecule has 0 unspecified atom stereocenters. The maximum absolute atomic E-state index is 13.8. The summed E-state index contributed by atoms with van der Waals surface area (Å²) in [6, 6.07) is 12.4. The molecule has 2 aromatic rings. The lowest BCUT2D eigenvalue weighted by Gasteiger charge is -2.06. The van der Waals surface area contributed by atoms with Crippen molar-refractivity contribution in [2.75, 3.05) is 0 Å². The van der Waals surface area contributed by atoms with E-state index in [2.05, 4.69) is 0 Å². The zero-order chi connectivity index (χ0) is 13.1. The van der Waals surface area contributed by atoms with Crippen LogP contribution >= 0.6 is 0 Å². The Kier molecular flexibility index (Phi) is 3.56. The molecule has 0 N–H and O–H groups in total. The van der Waals surface area contributed by atoms with Crippen molar-refractivity contribution in [3.05, 3.63) is 70.5 Å². The predicted octanol–water partition coefficient (Wildman–Crippen LogP) is 3.87. The standard InChI is InChI=1S/C16H15FO/c1-11-8-14(15(17)9-12(11)2)16(18)10-13-6-4-3-5-7-13/h3-9H,10H2,1-2H3. The second-order valence-electron chi connectivity index (χ2n) is 4.50. The van der Waals surface area contributed by atoms with Gasteiger partial charge in [-0.15, -0.1) is 0 Å². The van der Waals surface area contributed by atoms with E-state index in [0.717, 1.165) is 16.7 Å². The highest BCUT2D eigenvalue weighted by molar-refractivity contribution is 5.98. The van der Waals surface area contributed by atoms with Crippen LogP contribution in [-0.2, 0) is 6.42 Å². The van der Waals surface area contributed by atoms with Gasteiger partial charge in [0.25, 0.3) is 0 Å². The van der Waals surface area contributed by atoms with E-state index in [9.17, 15) is 9.18 Å². The number of carbonyl (C=O) groups is 1. The van der Waals surface area contributed by atoms with E-state index in [1.807, 2.05) is 44.2 Å². The number of rotatable bonds is 3. The van der Waals surface area contributed by atoms with Gasteiger partial charge in [0.05, 0.1) is 5.56 Å². The van der Waals surface area contributed by atoms with Gasteiger partial charge in [0.2, 0.25) is 0 Å². The first-order valence-corrected chi connectivity index (χ1v) is 5.92. The Morgan fingerprint density at radius 3 is 2.33 bits per heavy atom. The Balaban J connectivity index is 2.27. The molecule has 0 bridgehead atoms. The molecule has 0 radical (unpaired) electrons. The zero-order valence-corrected chi connectivity index (χ0v) is 10.5. The zero-order valence-electron chi connectivity index (χ0n) is 10.5. The molecule has 2 heteroatoms. The fraction of sp³-hybridized carbons (Fsp3) is 0.188. The first-order chi connectivity index (χ1) is 8.58. The summed E-state index contributed by atoms with van der Waals surface area (Å²) >= 11 is 0. The van der Waals surface area contributed by atoms with Crippen LogP contribution in [0.5, 0.6) is 0 Å². The number of ketones is 1. The van der Waals surface area contributed by atoms with Crippen molar-refractivity contribution in [2.24, 2.45) is 0 Å². The Labute approximate surface area is 106 Å². The molecule has 0 saturated heterocycles. The number of Topliss-reactive ketones (excluding diaryl/α,β-unsaturated/α-hetero) is 1. The number of benzene rings is 2. The monoisotopic (exact) mass is 242 g/mol. The van der Waals surface area contributed by atoms with Gasteiger partial charge < -0.3 is 0 Å². The van der Waals surface area contributed by atoms with Crippen LogP contribution in [-0.4, -0.2) is 5.78 Å². The van der Waals surface area contributed by atoms with Gasteiger partial charge in [-0.25, -0.2) is 4.39 Å². The lowest BCUT2D eigenvalue weighted by atomic mass is 9.99. The molecule has 0 atom stereocenters. The van der Waals surface area contributed by atoms with Gasteiger partial charge in [-0.05, 0) is 42.7 Å². The summed E-state index contributed by atoms with van der Waals surface area (Å²) < 4.78 is 13.8. The Hall–Kier alpha value is -1.96. The minimum absolute atomic E-state index is 0.179. The van der Waals surface area contributed by atoms with Crippen molar-refractivity contribution in [3.63, 3.8) is 0 Å². The molecule has 0 aliphatic heterocycles. The predicted molar refractivity (Wildman–Crippen MR) is 70.4 cm³/mol. The number of carbonyl (C=O) groups excluding carboxylic acids is 1. The van der Waals surface area contributed by atoms with Crippen molar-refractivity contribution < 1.29 is 9.18 Å². The SMILES string of the molecule is Cc1cc(F)c(C(=O)Cc2ccccc2)cc1C. The molecular formula is C16H15FO. The molecule has 0 aromatic heterocycles. The molecule has 0 saturated carbocycles. The molecule has 0 aliphatic carbocycles. The average molecular weight is 242 g/mol. The second-order valence-corrected chi connectivity index (χ2v) is 4.50. The Bertz CT molecular complexity index is 573. The molecule has 0 heterocycles. The van der Waals surface area contributed by atoms with Crippen LogP contribution < -0.4 is 0 Å². The third-order valence-electron chi connectivity index (χ3n) is 3.09. The highest BCUT2D eigenvalue weighted by Gasteiger charge is 2.13. The molecule has 92 valence electrons. The molecule has 18 heavy (non-hydrogen) atoms. The minimum atomic E-state index is -0.431. The van der Waals surface area contributed by atoms with Gasteiger partial charge in [-0.2, -0.15) is 0 Å². The number of hydrogen-bond donors (Lipinski definition) is 0. The summed E-state index contributed by atoms with van der Waals surface area (Å²) in [5.74, 6) is -0.610. The summed E-state index contributed by atoms with van der Waals surface area (Å²) in [7, 11) is 0.